The second-order valence-electron chi connectivity index (χ2n) is 7.47. The predicted octanol–water partition coefficient (Wildman–Crippen LogP) is 4.60. The number of carbonyl (C=O) groups excluding carboxylic acids is 1. The third-order valence-corrected chi connectivity index (χ3v) is 7.37. The lowest BCUT2D eigenvalue weighted by Crippen LogP contribution is -2.32. The van der Waals surface area contributed by atoms with Gasteiger partial charge in [0.05, 0.1) is 21.4 Å². The standard InChI is InChI=1S/C22H21ClN4O3S2/c1-15-12-17(23)13-19-20(15)25-22(31-19)27(10-3-9-26-11-8-24-14-26)21(28)16-4-6-18(7-5-16)32(2,29)30/h4-8,11-14H,3,9-10H2,1-2H3. The number of halogens is 1. The van der Waals surface area contributed by atoms with Crippen molar-refractivity contribution in [3.8, 4) is 0 Å². The van der Waals surface area contributed by atoms with Gasteiger partial charge in [0.2, 0.25) is 0 Å². The lowest BCUT2D eigenvalue weighted by atomic mass is 10.2. The van der Waals surface area contributed by atoms with Crippen LogP contribution in [0.3, 0.4) is 0 Å². The van der Waals surface area contributed by atoms with Crippen molar-refractivity contribution < 1.29 is 13.2 Å². The number of aryl methyl sites for hydroxylation is 2. The summed E-state index contributed by atoms with van der Waals surface area (Å²) in [5, 5.41) is 1.20. The van der Waals surface area contributed by atoms with Crippen molar-refractivity contribution in [1.82, 2.24) is 14.5 Å². The molecule has 166 valence electrons. The fourth-order valence-corrected chi connectivity index (χ4v) is 5.45. The molecule has 0 N–H and O–H groups in total. The molecule has 0 unspecified atom stereocenters. The number of sulfone groups is 1. The highest BCUT2D eigenvalue weighted by Gasteiger charge is 2.22. The second kappa shape index (κ2) is 9.01. The molecule has 2 aromatic heterocycles. The largest absolute Gasteiger partial charge is 0.337 e. The fourth-order valence-electron chi connectivity index (χ4n) is 3.37. The highest BCUT2D eigenvalue weighted by Crippen LogP contribution is 2.33. The third kappa shape index (κ3) is 4.85. The number of hydrogen-bond acceptors (Lipinski definition) is 6. The summed E-state index contributed by atoms with van der Waals surface area (Å²) in [6.45, 7) is 3.08. The molecule has 0 atom stereocenters. The van der Waals surface area contributed by atoms with Crippen molar-refractivity contribution in [3.05, 3.63) is 71.3 Å². The SMILES string of the molecule is Cc1cc(Cl)cc2sc(N(CCCn3ccnc3)C(=O)c3ccc(S(C)(=O)=O)cc3)nc12. The van der Waals surface area contributed by atoms with Crippen LogP contribution in [0, 0.1) is 6.92 Å². The van der Waals surface area contributed by atoms with E-state index in [2.05, 4.69) is 4.98 Å². The molecule has 0 bridgehead atoms. The Bertz CT molecular complexity index is 1360. The fraction of sp³-hybridized carbons (Fsp3) is 0.227. The molecule has 2 heterocycles. The van der Waals surface area contributed by atoms with Gasteiger partial charge < -0.3 is 4.57 Å². The van der Waals surface area contributed by atoms with Crippen LogP contribution in [-0.4, -0.2) is 41.7 Å². The minimum Gasteiger partial charge on any atom is -0.337 e. The van der Waals surface area contributed by atoms with E-state index in [1.165, 1.54) is 35.6 Å². The maximum Gasteiger partial charge on any atom is 0.260 e. The molecule has 0 saturated carbocycles. The number of nitrogens with zero attached hydrogens (tertiary/aromatic N) is 4. The summed E-state index contributed by atoms with van der Waals surface area (Å²) in [7, 11) is -3.34. The van der Waals surface area contributed by atoms with Gasteiger partial charge in [0, 0.05) is 42.3 Å². The molecule has 1 amide bonds. The van der Waals surface area contributed by atoms with E-state index >= 15 is 0 Å². The number of amides is 1. The molecule has 0 fully saturated rings. The van der Waals surface area contributed by atoms with Crippen molar-refractivity contribution in [1.29, 1.82) is 0 Å². The molecule has 0 radical (unpaired) electrons. The Kier molecular flexibility index (Phi) is 6.32. The van der Waals surface area contributed by atoms with Crippen molar-refractivity contribution >= 4 is 54.0 Å². The molecule has 2 aromatic carbocycles. The van der Waals surface area contributed by atoms with Gasteiger partial charge in [0.15, 0.2) is 15.0 Å². The first-order valence-electron chi connectivity index (χ1n) is 9.87. The van der Waals surface area contributed by atoms with E-state index in [1.807, 2.05) is 29.8 Å². The molecule has 7 nitrogen and oxygen atoms in total. The topological polar surface area (TPSA) is 85.2 Å². The number of anilines is 1. The minimum absolute atomic E-state index is 0.172. The molecule has 32 heavy (non-hydrogen) atoms. The van der Waals surface area contributed by atoms with E-state index in [0.29, 0.717) is 35.2 Å². The zero-order chi connectivity index (χ0) is 22.9. The van der Waals surface area contributed by atoms with Crippen LogP contribution in [0.2, 0.25) is 5.02 Å². The monoisotopic (exact) mass is 488 g/mol. The molecular formula is C22H21ClN4O3S2. The van der Waals surface area contributed by atoms with Gasteiger partial charge in [0.1, 0.15) is 0 Å². The number of thiazole rings is 1. The van der Waals surface area contributed by atoms with Crippen molar-refractivity contribution in [2.45, 2.75) is 24.8 Å². The molecule has 0 aliphatic rings. The Balaban J connectivity index is 1.66. The summed E-state index contributed by atoms with van der Waals surface area (Å²) in [5.41, 5.74) is 2.15. The summed E-state index contributed by atoms with van der Waals surface area (Å²) >= 11 is 7.61. The molecule has 4 rings (SSSR count). The van der Waals surface area contributed by atoms with Gasteiger partial charge in [-0.2, -0.15) is 0 Å². The Hall–Kier alpha value is -2.75. The van der Waals surface area contributed by atoms with Crippen LogP contribution in [-0.2, 0) is 16.4 Å². The summed E-state index contributed by atoms with van der Waals surface area (Å²) in [6, 6.07) is 9.68. The number of benzene rings is 2. The van der Waals surface area contributed by atoms with E-state index in [1.54, 1.807) is 17.4 Å². The summed E-state index contributed by atoms with van der Waals surface area (Å²) in [5.74, 6) is -0.238. The van der Waals surface area contributed by atoms with Crippen molar-refractivity contribution in [2.24, 2.45) is 0 Å². The maximum atomic E-state index is 13.4. The molecule has 0 aliphatic heterocycles. The normalized spacial score (nSPS) is 11.7. The number of aromatic nitrogens is 3. The Morgan fingerprint density at radius 1 is 1.22 bits per heavy atom. The highest BCUT2D eigenvalue weighted by molar-refractivity contribution is 7.90. The quantitative estimate of drug-likeness (QED) is 0.379. The van der Waals surface area contributed by atoms with Crippen molar-refractivity contribution in [2.75, 3.05) is 17.7 Å². The van der Waals surface area contributed by atoms with Crippen LogP contribution in [0.15, 0.2) is 60.0 Å². The Morgan fingerprint density at radius 2 is 1.97 bits per heavy atom. The van der Waals surface area contributed by atoms with Gasteiger partial charge in [-0.1, -0.05) is 22.9 Å². The minimum atomic E-state index is -3.34. The van der Waals surface area contributed by atoms with Crippen LogP contribution in [0.1, 0.15) is 22.3 Å². The molecule has 0 spiro atoms. The lowest BCUT2D eigenvalue weighted by molar-refractivity contribution is 0.0986. The predicted molar refractivity (Wildman–Crippen MR) is 127 cm³/mol. The van der Waals surface area contributed by atoms with Gasteiger partial charge >= 0.3 is 0 Å². The highest BCUT2D eigenvalue weighted by atomic mass is 35.5. The van der Waals surface area contributed by atoms with E-state index in [4.69, 9.17) is 16.6 Å². The zero-order valence-corrected chi connectivity index (χ0v) is 19.9. The first-order chi connectivity index (χ1) is 15.2. The molecule has 4 aromatic rings. The number of rotatable bonds is 7. The van der Waals surface area contributed by atoms with E-state index < -0.39 is 9.84 Å². The maximum absolute atomic E-state index is 13.4. The molecule has 0 saturated heterocycles. The first kappa shape index (κ1) is 22.4. The van der Waals surface area contributed by atoms with Crippen LogP contribution in [0.5, 0.6) is 0 Å². The lowest BCUT2D eigenvalue weighted by Gasteiger charge is -2.20. The van der Waals surface area contributed by atoms with Crippen molar-refractivity contribution in [3.63, 3.8) is 0 Å². The third-order valence-electron chi connectivity index (χ3n) is 5.00. The van der Waals surface area contributed by atoms with Gasteiger partial charge in [-0.3, -0.25) is 9.69 Å². The average molecular weight is 489 g/mol. The number of carbonyl (C=O) groups is 1. The first-order valence-corrected chi connectivity index (χ1v) is 13.0. The van der Waals surface area contributed by atoms with Gasteiger partial charge in [0.25, 0.3) is 5.91 Å². The zero-order valence-electron chi connectivity index (χ0n) is 17.5. The summed E-state index contributed by atoms with van der Waals surface area (Å²) < 4.78 is 26.4. The van der Waals surface area contributed by atoms with E-state index in [9.17, 15) is 13.2 Å². The number of imidazole rings is 1. The Labute approximate surface area is 195 Å². The summed E-state index contributed by atoms with van der Waals surface area (Å²) in [4.78, 5) is 24.0. The molecule has 10 heteroatoms. The average Bonchev–Trinajstić information content (AvgIpc) is 3.40. The smallest absolute Gasteiger partial charge is 0.260 e. The van der Waals surface area contributed by atoms with Crippen LogP contribution in [0.25, 0.3) is 10.2 Å². The Morgan fingerprint density at radius 3 is 2.62 bits per heavy atom. The molecular weight excluding hydrogens is 468 g/mol. The number of hydrogen-bond donors (Lipinski definition) is 0. The summed E-state index contributed by atoms with van der Waals surface area (Å²) in [6.07, 6.45) is 7.16. The van der Waals surface area contributed by atoms with Gasteiger partial charge in [-0.15, -0.1) is 0 Å². The van der Waals surface area contributed by atoms with Crippen LogP contribution < -0.4 is 4.90 Å². The van der Waals surface area contributed by atoms with Gasteiger partial charge in [-0.25, -0.2) is 18.4 Å². The molecule has 0 aliphatic carbocycles. The van der Waals surface area contributed by atoms with E-state index in [0.717, 1.165) is 22.0 Å². The second-order valence-corrected chi connectivity index (χ2v) is 10.9. The number of fused-ring (bicyclic) bond motifs is 1. The van der Waals surface area contributed by atoms with Crippen LogP contribution in [0.4, 0.5) is 5.13 Å². The van der Waals surface area contributed by atoms with E-state index in [-0.39, 0.29) is 10.8 Å². The van der Waals surface area contributed by atoms with Gasteiger partial charge in [-0.05, 0) is 55.3 Å². The van der Waals surface area contributed by atoms with Crippen LogP contribution >= 0.6 is 22.9 Å².